The summed E-state index contributed by atoms with van der Waals surface area (Å²) in [5.74, 6) is 0.517. The molecule has 104 valence electrons. The third kappa shape index (κ3) is 3.47. The fourth-order valence-corrected chi connectivity index (χ4v) is 2.00. The predicted octanol–water partition coefficient (Wildman–Crippen LogP) is 2.06. The second-order valence-electron chi connectivity index (χ2n) is 5.30. The average Bonchev–Trinajstić information content (AvgIpc) is 3.20. The number of aryl methyl sites for hydroxylation is 1. The molecule has 1 aliphatic rings. The smallest absolute Gasteiger partial charge is 0.329 e. The number of rotatable bonds is 6. The Hall–Kier alpha value is -1.55. The number of benzene rings is 1. The molecule has 1 N–H and O–H groups in total. The SMILES string of the molecule is COC(=O)C(C)(COc1ccccc1C)NC1CC1. The molecule has 0 saturated heterocycles. The molecule has 0 spiro atoms. The van der Waals surface area contributed by atoms with Crippen LogP contribution in [0.5, 0.6) is 5.75 Å². The Morgan fingerprint density at radius 1 is 1.42 bits per heavy atom. The van der Waals surface area contributed by atoms with E-state index in [0.717, 1.165) is 24.2 Å². The number of esters is 1. The second kappa shape index (κ2) is 5.61. The average molecular weight is 263 g/mol. The molecular formula is C15H21NO3. The van der Waals surface area contributed by atoms with Gasteiger partial charge in [-0.3, -0.25) is 5.32 Å². The van der Waals surface area contributed by atoms with E-state index >= 15 is 0 Å². The molecule has 4 heteroatoms. The molecule has 2 rings (SSSR count). The minimum atomic E-state index is -0.793. The fourth-order valence-electron chi connectivity index (χ4n) is 2.00. The van der Waals surface area contributed by atoms with Gasteiger partial charge in [0.05, 0.1) is 7.11 Å². The lowest BCUT2D eigenvalue weighted by Crippen LogP contribution is -2.55. The van der Waals surface area contributed by atoms with Crippen LogP contribution in [0.2, 0.25) is 0 Å². The minimum absolute atomic E-state index is 0.265. The molecule has 1 saturated carbocycles. The van der Waals surface area contributed by atoms with Crippen LogP contribution < -0.4 is 10.1 Å². The molecule has 0 radical (unpaired) electrons. The van der Waals surface area contributed by atoms with Gasteiger partial charge < -0.3 is 9.47 Å². The van der Waals surface area contributed by atoms with Crippen LogP contribution in [0.4, 0.5) is 0 Å². The topological polar surface area (TPSA) is 47.6 Å². The Balaban J connectivity index is 2.03. The largest absolute Gasteiger partial charge is 0.491 e. The number of carbonyl (C=O) groups is 1. The van der Waals surface area contributed by atoms with Crippen molar-refractivity contribution in [3.8, 4) is 5.75 Å². The molecule has 0 amide bonds. The number of methoxy groups -OCH3 is 1. The molecule has 0 bridgehead atoms. The van der Waals surface area contributed by atoms with Gasteiger partial charge in [-0.05, 0) is 38.3 Å². The highest BCUT2D eigenvalue weighted by atomic mass is 16.5. The molecular weight excluding hydrogens is 242 g/mol. The van der Waals surface area contributed by atoms with Crippen molar-refractivity contribution < 1.29 is 14.3 Å². The van der Waals surface area contributed by atoms with Crippen LogP contribution in [0.1, 0.15) is 25.3 Å². The van der Waals surface area contributed by atoms with Gasteiger partial charge in [-0.1, -0.05) is 18.2 Å². The van der Waals surface area contributed by atoms with E-state index in [0.29, 0.717) is 6.04 Å². The third-order valence-corrected chi connectivity index (χ3v) is 3.35. The summed E-state index contributed by atoms with van der Waals surface area (Å²) in [6.07, 6.45) is 2.22. The summed E-state index contributed by atoms with van der Waals surface area (Å²) < 4.78 is 10.7. The molecule has 1 aliphatic carbocycles. The van der Waals surface area contributed by atoms with Crippen LogP contribution in [-0.4, -0.2) is 31.3 Å². The van der Waals surface area contributed by atoms with Crippen LogP contribution in [0.15, 0.2) is 24.3 Å². The van der Waals surface area contributed by atoms with E-state index in [1.807, 2.05) is 38.1 Å². The summed E-state index contributed by atoms with van der Waals surface area (Å²) in [5, 5.41) is 3.31. The summed E-state index contributed by atoms with van der Waals surface area (Å²) >= 11 is 0. The maximum absolute atomic E-state index is 11.9. The summed E-state index contributed by atoms with van der Waals surface area (Å²) in [5.41, 5.74) is 0.263. The van der Waals surface area contributed by atoms with Crippen LogP contribution in [-0.2, 0) is 9.53 Å². The van der Waals surface area contributed by atoms with Gasteiger partial charge in [0.1, 0.15) is 17.9 Å². The maximum atomic E-state index is 11.9. The highest BCUT2D eigenvalue weighted by molar-refractivity contribution is 5.80. The number of ether oxygens (including phenoxy) is 2. The third-order valence-electron chi connectivity index (χ3n) is 3.35. The van der Waals surface area contributed by atoms with Crippen LogP contribution in [0, 0.1) is 6.92 Å². The highest BCUT2D eigenvalue weighted by Gasteiger charge is 2.40. The van der Waals surface area contributed by atoms with E-state index in [9.17, 15) is 4.79 Å². The molecule has 19 heavy (non-hydrogen) atoms. The van der Waals surface area contributed by atoms with Crippen LogP contribution >= 0.6 is 0 Å². The first-order valence-corrected chi connectivity index (χ1v) is 6.60. The molecule has 4 nitrogen and oxygen atoms in total. The van der Waals surface area contributed by atoms with Gasteiger partial charge in [0.15, 0.2) is 0 Å². The summed E-state index contributed by atoms with van der Waals surface area (Å²) in [6.45, 7) is 4.08. The number of hydrogen-bond acceptors (Lipinski definition) is 4. The van der Waals surface area contributed by atoms with Crippen molar-refractivity contribution >= 4 is 5.97 Å². The maximum Gasteiger partial charge on any atom is 0.329 e. The van der Waals surface area contributed by atoms with Crippen molar-refractivity contribution in [2.24, 2.45) is 0 Å². The second-order valence-corrected chi connectivity index (χ2v) is 5.30. The standard InChI is InChI=1S/C15H21NO3/c1-11-6-4-5-7-13(11)19-10-15(2,14(17)18-3)16-12-8-9-12/h4-7,12,16H,8-10H2,1-3H3. The molecule has 0 aliphatic heterocycles. The first kappa shape index (κ1) is 13.9. The lowest BCUT2D eigenvalue weighted by molar-refractivity contribution is -0.149. The van der Waals surface area contributed by atoms with E-state index in [-0.39, 0.29) is 12.6 Å². The van der Waals surface area contributed by atoms with Crippen LogP contribution in [0.25, 0.3) is 0 Å². The van der Waals surface area contributed by atoms with Crippen molar-refractivity contribution in [3.05, 3.63) is 29.8 Å². The van der Waals surface area contributed by atoms with E-state index in [2.05, 4.69) is 5.32 Å². The summed E-state index contributed by atoms with van der Waals surface area (Å²) in [4.78, 5) is 11.9. The molecule has 0 heterocycles. The molecule has 1 aromatic carbocycles. The van der Waals surface area contributed by atoms with Gasteiger partial charge in [-0.25, -0.2) is 4.79 Å². The van der Waals surface area contributed by atoms with Crippen molar-refractivity contribution in [1.82, 2.24) is 5.32 Å². The molecule has 1 aromatic rings. The first-order chi connectivity index (χ1) is 9.05. The van der Waals surface area contributed by atoms with Crippen LogP contribution in [0.3, 0.4) is 0 Å². The quantitative estimate of drug-likeness (QED) is 0.798. The normalized spacial score (nSPS) is 17.6. The summed E-state index contributed by atoms with van der Waals surface area (Å²) in [7, 11) is 1.41. The molecule has 1 fully saturated rings. The van der Waals surface area contributed by atoms with E-state index in [1.54, 1.807) is 0 Å². The van der Waals surface area contributed by atoms with Gasteiger partial charge >= 0.3 is 5.97 Å². The monoisotopic (exact) mass is 263 g/mol. The fraction of sp³-hybridized carbons (Fsp3) is 0.533. The Kier molecular flexibility index (Phi) is 4.10. The van der Waals surface area contributed by atoms with Gasteiger partial charge in [0.2, 0.25) is 0 Å². The van der Waals surface area contributed by atoms with Gasteiger partial charge in [-0.2, -0.15) is 0 Å². The zero-order chi connectivity index (χ0) is 13.9. The Bertz CT molecular complexity index is 456. The summed E-state index contributed by atoms with van der Waals surface area (Å²) in [6, 6.07) is 8.18. The minimum Gasteiger partial charge on any atom is -0.491 e. The Morgan fingerprint density at radius 3 is 2.68 bits per heavy atom. The van der Waals surface area contributed by atoms with Gasteiger partial charge in [-0.15, -0.1) is 0 Å². The van der Waals surface area contributed by atoms with Crippen molar-refractivity contribution in [2.45, 2.75) is 38.3 Å². The number of hydrogen-bond donors (Lipinski definition) is 1. The van der Waals surface area contributed by atoms with Crippen molar-refractivity contribution in [3.63, 3.8) is 0 Å². The van der Waals surface area contributed by atoms with Crippen molar-refractivity contribution in [1.29, 1.82) is 0 Å². The molecule has 1 unspecified atom stereocenters. The number of para-hydroxylation sites is 1. The number of carbonyl (C=O) groups excluding carboxylic acids is 1. The zero-order valence-electron chi connectivity index (χ0n) is 11.7. The van der Waals surface area contributed by atoms with Gasteiger partial charge in [0, 0.05) is 6.04 Å². The molecule has 0 aromatic heterocycles. The lowest BCUT2D eigenvalue weighted by Gasteiger charge is -2.28. The van der Waals surface area contributed by atoms with E-state index < -0.39 is 5.54 Å². The molecule has 1 atom stereocenters. The van der Waals surface area contributed by atoms with Crippen molar-refractivity contribution in [2.75, 3.05) is 13.7 Å². The predicted molar refractivity (Wildman–Crippen MR) is 73.3 cm³/mol. The van der Waals surface area contributed by atoms with E-state index in [1.165, 1.54) is 7.11 Å². The zero-order valence-corrected chi connectivity index (χ0v) is 11.7. The number of nitrogens with one attached hydrogen (secondary N) is 1. The first-order valence-electron chi connectivity index (χ1n) is 6.60. The Labute approximate surface area is 114 Å². The Morgan fingerprint density at radius 2 is 2.11 bits per heavy atom. The highest BCUT2D eigenvalue weighted by Crippen LogP contribution is 2.24. The van der Waals surface area contributed by atoms with Gasteiger partial charge in [0.25, 0.3) is 0 Å². The lowest BCUT2D eigenvalue weighted by atomic mass is 10.0. The van der Waals surface area contributed by atoms with E-state index in [4.69, 9.17) is 9.47 Å².